The second-order valence-corrected chi connectivity index (χ2v) is 4.71. The van der Waals surface area contributed by atoms with E-state index in [-0.39, 0.29) is 0 Å². The van der Waals surface area contributed by atoms with Crippen LogP contribution >= 0.6 is 0 Å². The second kappa shape index (κ2) is 8.75. The van der Waals surface area contributed by atoms with Crippen molar-refractivity contribution >= 4 is 0 Å². The van der Waals surface area contributed by atoms with Crippen molar-refractivity contribution in [3.63, 3.8) is 0 Å². The van der Waals surface area contributed by atoms with Crippen LogP contribution in [0.1, 0.15) is 32.1 Å². The van der Waals surface area contributed by atoms with Crippen molar-refractivity contribution < 1.29 is 14.7 Å². The van der Waals surface area contributed by atoms with Gasteiger partial charge in [-0.2, -0.15) is 0 Å². The summed E-state index contributed by atoms with van der Waals surface area (Å²) in [7, 11) is 0. The summed E-state index contributed by atoms with van der Waals surface area (Å²) in [5, 5.41) is 0. The molecular weight excluding hydrogens is 227 g/mol. The molecule has 0 saturated carbocycles. The van der Waals surface area contributed by atoms with Crippen LogP contribution in [0, 0.1) is 0 Å². The zero-order chi connectivity index (χ0) is 10.8. The molecule has 0 unspecified atom stereocenters. The van der Waals surface area contributed by atoms with Gasteiger partial charge in [0.1, 0.15) is 0 Å². The molecule has 0 aliphatic heterocycles. The van der Waals surface area contributed by atoms with Gasteiger partial charge in [-0.25, -0.2) is 0 Å². The number of allylic oxidation sites excluding steroid dienone is 8. The van der Waals surface area contributed by atoms with Gasteiger partial charge in [-0.1, -0.05) is 24.3 Å². The van der Waals surface area contributed by atoms with Crippen LogP contribution in [0.4, 0.5) is 0 Å². The zero-order valence-corrected chi connectivity index (χ0v) is 10.5. The van der Waals surface area contributed by atoms with Gasteiger partial charge in [-0.3, -0.25) is 0 Å². The Morgan fingerprint density at radius 3 is 2.00 bits per heavy atom. The van der Waals surface area contributed by atoms with Crippen molar-refractivity contribution in [3.05, 3.63) is 47.0 Å². The van der Waals surface area contributed by atoms with Crippen molar-refractivity contribution in [2.45, 2.75) is 38.0 Å². The standard InChI is InChI=1S/C8H12.C5H5.CH3.Co/c1-2-4-6-8-7-5-3-1;1-2-4-5-3-1;;/h1-4H,5-8H2;1-3H,4H2;1H3;/b3-1-,4-2-;;;. The quantitative estimate of drug-likeness (QED) is 0.633. The van der Waals surface area contributed by atoms with Gasteiger partial charge in [0.15, 0.2) is 0 Å². The van der Waals surface area contributed by atoms with E-state index in [4.69, 9.17) is 0 Å². The number of hydrogen-bond donors (Lipinski definition) is 0. The third-order valence-electron chi connectivity index (χ3n) is 2.30. The Morgan fingerprint density at radius 1 is 0.933 bits per heavy atom. The molecule has 0 saturated heterocycles. The molecule has 0 radical (unpaired) electrons. The monoisotopic (exact) mass is 247 g/mol. The van der Waals surface area contributed by atoms with Gasteiger partial charge < -0.3 is 0 Å². The second-order valence-electron chi connectivity index (χ2n) is 3.52. The van der Waals surface area contributed by atoms with Crippen LogP contribution in [0.2, 0.25) is 5.86 Å². The number of rotatable bonds is 1. The summed E-state index contributed by atoms with van der Waals surface area (Å²) >= 11 is 1.45. The van der Waals surface area contributed by atoms with Crippen molar-refractivity contribution in [1.29, 1.82) is 0 Å². The van der Waals surface area contributed by atoms with Gasteiger partial charge in [-0.15, -0.1) is 0 Å². The van der Waals surface area contributed by atoms with E-state index < -0.39 is 0 Å². The minimum absolute atomic E-state index is 1.18. The van der Waals surface area contributed by atoms with E-state index in [1.54, 1.807) is 0 Å². The number of hydrogen-bond acceptors (Lipinski definition) is 0. The molecule has 0 spiro atoms. The van der Waals surface area contributed by atoms with Crippen molar-refractivity contribution in [1.82, 2.24) is 0 Å². The van der Waals surface area contributed by atoms with E-state index in [9.17, 15) is 0 Å². The molecule has 0 aromatic carbocycles. The van der Waals surface area contributed by atoms with E-state index in [0.717, 1.165) is 0 Å². The summed E-state index contributed by atoms with van der Waals surface area (Å²) in [4.78, 5) is 0. The van der Waals surface area contributed by atoms with Crippen LogP contribution in [0.3, 0.4) is 0 Å². The Labute approximate surface area is 99.8 Å². The molecule has 0 atom stereocenters. The van der Waals surface area contributed by atoms with Crippen molar-refractivity contribution in [3.8, 4) is 0 Å². The predicted octanol–water partition coefficient (Wildman–Crippen LogP) is 4.63. The fourth-order valence-corrected chi connectivity index (χ4v) is 2.02. The Kier molecular flexibility index (Phi) is 7.31. The Bertz CT molecular complexity index is 255. The minimum atomic E-state index is 1.18. The normalized spacial score (nSPS) is 23.4. The van der Waals surface area contributed by atoms with E-state index in [1.165, 1.54) is 51.3 Å². The predicted molar refractivity (Wildman–Crippen MR) is 64.5 cm³/mol. The fraction of sp³-hybridized carbons (Fsp3) is 0.429. The van der Waals surface area contributed by atoms with Gasteiger partial charge in [0.05, 0.1) is 0 Å². The van der Waals surface area contributed by atoms with Crippen LogP contribution in [-0.2, 0) is 14.7 Å². The van der Waals surface area contributed by atoms with E-state index in [0.29, 0.717) is 0 Å². The van der Waals surface area contributed by atoms with Crippen molar-refractivity contribution in [2.75, 3.05) is 0 Å². The Balaban J connectivity index is 0.000000151. The first-order valence-corrected chi connectivity index (χ1v) is 7.10. The summed E-state index contributed by atoms with van der Waals surface area (Å²) in [5.74, 6) is 2.16. The molecule has 1 heteroatoms. The maximum absolute atomic E-state index is 2.23. The van der Waals surface area contributed by atoms with Gasteiger partial charge >= 0.3 is 49.7 Å². The molecule has 85 valence electrons. The third-order valence-corrected chi connectivity index (χ3v) is 3.35. The summed E-state index contributed by atoms with van der Waals surface area (Å²) in [5.41, 5.74) is 0. The van der Waals surface area contributed by atoms with E-state index >= 15 is 0 Å². The Morgan fingerprint density at radius 2 is 1.60 bits per heavy atom. The molecule has 0 nitrogen and oxygen atoms in total. The SMILES string of the molecule is C1=C\CCCC\C=C/1.[CH3][Co][C]1=CC=CC1. The molecule has 0 aromatic rings. The molecule has 0 fully saturated rings. The van der Waals surface area contributed by atoms with Crippen molar-refractivity contribution in [2.24, 2.45) is 0 Å². The molecular formula is C14H20Co. The topological polar surface area (TPSA) is 0 Å². The maximum atomic E-state index is 2.23. The van der Waals surface area contributed by atoms with Crippen LogP contribution in [-0.4, -0.2) is 0 Å². The van der Waals surface area contributed by atoms with E-state index in [2.05, 4.69) is 48.4 Å². The molecule has 0 bridgehead atoms. The average molecular weight is 247 g/mol. The van der Waals surface area contributed by atoms with Gasteiger partial charge in [0, 0.05) is 0 Å². The van der Waals surface area contributed by atoms with Crippen LogP contribution in [0.25, 0.3) is 0 Å². The first-order valence-electron chi connectivity index (χ1n) is 5.53. The molecule has 0 heterocycles. The molecule has 15 heavy (non-hydrogen) atoms. The van der Waals surface area contributed by atoms with Crippen LogP contribution in [0.15, 0.2) is 47.0 Å². The van der Waals surface area contributed by atoms with E-state index in [1.807, 2.05) is 0 Å². The summed E-state index contributed by atoms with van der Waals surface area (Å²) < 4.78 is 1.52. The molecule has 2 aliphatic rings. The molecule has 2 aliphatic carbocycles. The summed E-state index contributed by atoms with van der Waals surface area (Å²) in [6.07, 6.45) is 21.7. The average Bonchev–Trinajstić information content (AvgIpc) is 2.69. The molecule has 0 aromatic heterocycles. The molecule has 0 N–H and O–H groups in total. The summed E-state index contributed by atoms with van der Waals surface area (Å²) in [6.45, 7) is 0. The fourth-order valence-electron chi connectivity index (χ4n) is 1.41. The van der Waals surface area contributed by atoms with Gasteiger partial charge in [0.2, 0.25) is 0 Å². The van der Waals surface area contributed by atoms with Gasteiger partial charge in [-0.05, 0) is 25.7 Å². The Hall–Kier alpha value is -0.534. The first kappa shape index (κ1) is 12.5. The molecule has 0 amide bonds. The summed E-state index contributed by atoms with van der Waals surface area (Å²) in [6, 6.07) is 0. The first-order chi connectivity index (χ1) is 7.43. The third kappa shape index (κ3) is 6.53. The molecule has 2 rings (SSSR count). The van der Waals surface area contributed by atoms with Gasteiger partial charge in [0.25, 0.3) is 0 Å². The zero-order valence-electron chi connectivity index (χ0n) is 9.41. The van der Waals surface area contributed by atoms with Crippen LogP contribution in [0.5, 0.6) is 0 Å². The van der Waals surface area contributed by atoms with Crippen LogP contribution < -0.4 is 0 Å².